The van der Waals surface area contributed by atoms with Crippen molar-refractivity contribution in [2.75, 3.05) is 13.7 Å². The molecule has 0 heterocycles. The monoisotopic (exact) mass is 420 g/mol. The van der Waals surface area contributed by atoms with E-state index in [2.05, 4.69) is 56.3 Å². The lowest BCUT2D eigenvalue weighted by Gasteiger charge is -2.16. The summed E-state index contributed by atoms with van der Waals surface area (Å²) in [5.41, 5.74) is 1.07. The minimum atomic E-state index is -0.233. The molecule has 0 aliphatic heterocycles. The summed E-state index contributed by atoms with van der Waals surface area (Å²) >= 11 is 6.95. The van der Waals surface area contributed by atoms with Gasteiger partial charge in [-0.2, -0.15) is 0 Å². The van der Waals surface area contributed by atoms with Crippen LogP contribution in [0, 0.1) is 5.92 Å². The van der Waals surface area contributed by atoms with Crippen LogP contribution in [0.2, 0.25) is 0 Å². The van der Waals surface area contributed by atoms with E-state index in [0.717, 1.165) is 20.3 Å². The van der Waals surface area contributed by atoms with E-state index in [1.54, 1.807) is 7.11 Å². The molecule has 1 aromatic rings. The number of halogens is 2. The van der Waals surface area contributed by atoms with Crippen molar-refractivity contribution in [3.05, 3.63) is 26.6 Å². The van der Waals surface area contributed by atoms with Crippen LogP contribution in [0.25, 0.3) is 0 Å². The second-order valence-electron chi connectivity index (χ2n) is 5.33. The Labute approximate surface area is 143 Å². The third kappa shape index (κ3) is 5.96. The fourth-order valence-electron chi connectivity index (χ4n) is 1.73. The highest BCUT2D eigenvalue weighted by Crippen LogP contribution is 2.34. The number of hydrogen-bond acceptors (Lipinski definition) is 3. The molecule has 0 spiro atoms. The van der Waals surface area contributed by atoms with Crippen LogP contribution in [0.15, 0.2) is 21.1 Å². The lowest BCUT2D eigenvalue weighted by atomic mass is 10.2. The van der Waals surface area contributed by atoms with Gasteiger partial charge in [-0.25, -0.2) is 0 Å². The molecule has 1 rings (SSSR count). The van der Waals surface area contributed by atoms with Crippen LogP contribution in [0.5, 0.6) is 5.75 Å². The first-order valence-corrected chi connectivity index (χ1v) is 8.46. The Bertz CT molecular complexity index is 470. The van der Waals surface area contributed by atoms with Crippen molar-refractivity contribution in [2.24, 2.45) is 5.92 Å². The molecule has 0 saturated carbocycles. The van der Waals surface area contributed by atoms with Gasteiger partial charge in [0, 0.05) is 13.1 Å². The SMILES string of the molecule is COc1c(Br)cc(CNC(C)C(=O)NCC(C)C)cc1Br. The Morgan fingerprint density at radius 1 is 1.24 bits per heavy atom. The molecule has 0 aliphatic carbocycles. The molecular weight excluding hydrogens is 400 g/mol. The van der Waals surface area contributed by atoms with Crippen LogP contribution in [-0.4, -0.2) is 25.6 Å². The number of methoxy groups -OCH3 is 1. The van der Waals surface area contributed by atoms with E-state index in [9.17, 15) is 4.79 Å². The third-order valence-electron chi connectivity index (χ3n) is 2.95. The number of rotatable bonds is 7. The first-order valence-electron chi connectivity index (χ1n) is 6.88. The number of amides is 1. The maximum atomic E-state index is 11.9. The Hall–Kier alpha value is -0.590. The molecule has 2 N–H and O–H groups in total. The lowest BCUT2D eigenvalue weighted by molar-refractivity contribution is -0.122. The molecule has 0 saturated heterocycles. The first kappa shape index (κ1) is 18.5. The van der Waals surface area contributed by atoms with Gasteiger partial charge in [-0.15, -0.1) is 0 Å². The van der Waals surface area contributed by atoms with Gasteiger partial charge in [0.1, 0.15) is 5.75 Å². The summed E-state index contributed by atoms with van der Waals surface area (Å²) in [5, 5.41) is 6.14. The quantitative estimate of drug-likeness (QED) is 0.708. The van der Waals surface area contributed by atoms with Crippen molar-refractivity contribution < 1.29 is 9.53 Å². The molecule has 1 amide bonds. The minimum absolute atomic E-state index is 0.0235. The summed E-state index contributed by atoms with van der Waals surface area (Å²) in [6.07, 6.45) is 0. The maximum absolute atomic E-state index is 11.9. The lowest BCUT2D eigenvalue weighted by Crippen LogP contribution is -2.42. The van der Waals surface area contributed by atoms with Gasteiger partial charge in [-0.05, 0) is 62.4 Å². The smallest absolute Gasteiger partial charge is 0.236 e. The average molecular weight is 422 g/mol. The summed E-state index contributed by atoms with van der Waals surface area (Å²) < 4.78 is 7.04. The van der Waals surface area contributed by atoms with Crippen molar-refractivity contribution >= 4 is 37.8 Å². The fourth-order valence-corrected chi connectivity index (χ4v) is 3.34. The maximum Gasteiger partial charge on any atom is 0.236 e. The van der Waals surface area contributed by atoms with Crippen LogP contribution in [0.4, 0.5) is 0 Å². The summed E-state index contributed by atoms with van der Waals surface area (Å²) in [4.78, 5) is 11.9. The molecule has 118 valence electrons. The van der Waals surface area contributed by atoms with Crippen molar-refractivity contribution in [1.82, 2.24) is 10.6 Å². The Morgan fingerprint density at radius 3 is 2.29 bits per heavy atom. The predicted molar refractivity (Wildman–Crippen MR) is 92.5 cm³/mol. The van der Waals surface area contributed by atoms with Crippen molar-refractivity contribution in [3.63, 3.8) is 0 Å². The van der Waals surface area contributed by atoms with Crippen LogP contribution >= 0.6 is 31.9 Å². The molecule has 21 heavy (non-hydrogen) atoms. The molecule has 1 unspecified atom stereocenters. The number of benzene rings is 1. The standard InChI is InChI=1S/C15H22Br2N2O2/c1-9(2)7-19-15(20)10(3)18-8-11-5-12(16)14(21-4)13(17)6-11/h5-6,9-10,18H,7-8H2,1-4H3,(H,19,20). The Kier molecular flexibility index (Phi) is 7.70. The van der Waals surface area contributed by atoms with E-state index in [1.807, 2.05) is 19.1 Å². The summed E-state index contributed by atoms with van der Waals surface area (Å²) in [6.45, 7) is 7.32. The van der Waals surface area contributed by atoms with Gasteiger partial charge in [-0.3, -0.25) is 4.79 Å². The molecule has 0 bridgehead atoms. The normalized spacial score (nSPS) is 12.3. The molecule has 1 aromatic carbocycles. The highest BCUT2D eigenvalue weighted by Gasteiger charge is 2.13. The van der Waals surface area contributed by atoms with Crippen molar-refractivity contribution in [3.8, 4) is 5.75 Å². The molecule has 6 heteroatoms. The van der Waals surface area contributed by atoms with Gasteiger partial charge in [0.25, 0.3) is 0 Å². The topological polar surface area (TPSA) is 50.4 Å². The van der Waals surface area contributed by atoms with Crippen molar-refractivity contribution in [2.45, 2.75) is 33.4 Å². The largest absolute Gasteiger partial charge is 0.494 e. The number of nitrogens with one attached hydrogen (secondary N) is 2. The summed E-state index contributed by atoms with van der Waals surface area (Å²) in [7, 11) is 1.63. The zero-order valence-electron chi connectivity index (χ0n) is 12.8. The Morgan fingerprint density at radius 2 is 1.81 bits per heavy atom. The summed E-state index contributed by atoms with van der Waals surface area (Å²) in [6, 6.07) is 3.73. The zero-order valence-corrected chi connectivity index (χ0v) is 16.0. The van der Waals surface area contributed by atoms with Crippen LogP contribution < -0.4 is 15.4 Å². The molecule has 0 aromatic heterocycles. The van der Waals surface area contributed by atoms with Crippen LogP contribution in [0.1, 0.15) is 26.3 Å². The van der Waals surface area contributed by atoms with Gasteiger partial charge >= 0.3 is 0 Å². The number of carbonyl (C=O) groups excluding carboxylic acids is 1. The van der Waals surface area contributed by atoms with E-state index in [-0.39, 0.29) is 11.9 Å². The molecule has 1 atom stereocenters. The highest BCUT2D eigenvalue weighted by molar-refractivity contribution is 9.11. The molecule has 0 fully saturated rings. The van der Waals surface area contributed by atoms with E-state index >= 15 is 0 Å². The minimum Gasteiger partial charge on any atom is -0.494 e. The number of ether oxygens (including phenoxy) is 1. The molecular formula is C15H22Br2N2O2. The predicted octanol–water partition coefficient (Wildman–Crippen LogP) is 3.47. The molecule has 0 radical (unpaired) electrons. The van der Waals surface area contributed by atoms with E-state index < -0.39 is 0 Å². The fraction of sp³-hybridized carbons (Fsp3) is 0.533. The Balaban J connectivity index is 2.57. The number of carbonyl (C=O) groups is 1. The van der Waals surface area contributed by atoms with Gasteiger partial charge in [-0.1, -0.05) is 13.8 Å². The van der Waals surface area contributed by atoms with Gasteiger partial charge in [0.15, 0.2) is 0 Å². The molecule has 4 nitrogen and oxygen atoms in total. The van der Waals surface area contributed by atoms with Crippen molar-refractivity contribution in [1.29, 1.82) is 0 Å². The van der Waals surface area contributed by atoms with Gasteiger partial charge in [0.05, 0.1) is 22.1 Å². The van der Waals surface area contributed by atoms with E-state index in [1.165, 1.54) is 0 Å². The second kappa shape index (κ2) is 8.76. The third-order valence-corrected chi connectivity index (χ3v) is 4.13. The zero-order chi connectivity index (χ0) is 16.0. The van der Waals surface area contributed by atoms with Gasteiger partial charge in [0.2, 0.25) is 5.91 Å². The number of hydrogen-bond donors (Lipinski definition) is 2. The first-order chi connectivity index (χ1) is 9.85. The van der Waals surface area contributed by atoms with Crippen LogP contribution in [-0.2, 0) is 11.3 Å². The van der Waals surface area contributed by atoms with Gasteiger partial charge < -0.3 is 15.4 Å². The van der Waals surface area contributed by atoms with E-state index in [0.29, 0.717) is 19.0 Å². The average Bonchev–Trinajstić information content (AvgIpc) is 2.41. The van der Waals surface area contributed by atoms with Crippen LogP contribution in [0.3, 0.4) is 0 Å². The highest BCUT2D eigenvalue weighted by atomic mass is 79.9. The van der Waals surface area contributed by atoms with E-state index in [4.69, 9.17) is 4.74 Å². The second-order valence-corrected chi connectivity index (χ2v) is 7.04. The molecule has 0 aliphatic rings. The summed E-state index contributed by atoms with van der Waals surface area (Å²) in [5.74, 6) is 1.24.